The third-order valence-electron chi connectivity index (χ3n) is 6.98. The summed E-state index contributed by atoms with van der Waals surface area (Å²) >= 11 is 0. The average Bonchev–Trinajstić information content (AvgIpc) is 3.09. The second-order valence-electron chi connectivity index (χ2n) is 9.27. The number of ether oxygens (including phenoxy) is 2. The van der Waals surface area contributed by atoms with Crippen LogP contribution in [0.5, 0.6) is 5.75 Å². The Morgan fingerprint density at radius 1 is 1.16 bits per heavy atom. The van der Waals surface area contributed by atoms with Crippen molar-refractivity contribution in [2.75, 3.05) is 32.0 Å². The Kier molecular flexibility index (Phi) is 5.32. The van der Waals surface area contributed by atoms with Gasteiger partial charge in [0.15, 0.2) is 11.6 Å². The molecule has 10 heteroatoms. The molecule has 2 N–H and O–H groups in total. The van der Waals surface area contributed by atoms with Gasteiger partial charge >= 0.3 is 6.36 Å². The van der Waals surface area contributed by atoms with E-state index in [2.05, 4.69) is 28.5 Å². The third-order valence-corrected chi connectivity index (χ3v) is 6.98. The van der Waals surface area contributed by atoms with E-state index >= 15 is 0 Å². The van der Waals surface area contributed by atoms with Crippen LogP contribution in [0, 0.1) is 11.8 Å². The summed E-state index contributed by atoms with van der Waals surface area (Å²) in [6.07, 6.45) is -1.03. The first kappa shape index (κ1) is 21.5. The van der Waals surface area contributed by atoms with Crippen molar-refractivity contribution in [3.05, 3.63) is 24.0 Å². The van der Waals surface area contributed by atoms with Gasteiger partial charge in [0.2, 0.25) is 0 Å². The monoisotopic (exact) mass is 451 g/mol. The highest BCUT2D eigenvalue weighted by atomic mass is 19.4. The molecule has 7 nitrogen and oxygen atoms in total. The first-order valence-electron chi connectivity index (χ1n) is 11.1. The van der Waals surface area contributed by atoms with Crippen molar-refractivity contribution in [1.29, 1.82) is 0 Å². The summed E-state index contributed by atoms with van der Waals surface area (Å²) in [7, 11) is 0. The van der Waals surface area contributed by atoms with Gasteiger partial charge < -0.3 is 15.2 Å². The van der Waals surface area contributed by atoms with Gasteiger partial charge in [-0.3, -0.25) is 9.58 Å². The molecule has 0 amide bonds. The van der Waals surface area contributed by atoms with Gasteiger partial charge in [0.05, 0.1) is 18.9 Å². The summed E-state index contributed by atoms with van der Waals surface area (Å²) in [5, 5.41) is 4.72. The van der Waals surface area contributed by atoms with Crippen molar-refractivity contribution < 1.29 is 22.6 Å². The molecule has 2 aromatic rings. The second kappa shape index (κ2) is 7.91. The van der Waals surface area contributed by atoms with Crippen LogP contribution >= 0.6 is 0 Å². The summed E-state index contributed by atoms with van der Waals surface area (Å²) in [4.78, 5) is 6.45. The van der Waals surface area contributed by atoms with Crippen LogP contribution in [0.1, 0.15) is 44.3 Å². The quantitative estimate of drug-likeness (QED) is 0.745. The molecule has 0 radical (unpaired) electrons. The number of halogens is 3. The second-order valence-corrected chi connectivity index (χ2v) is 9.27. The topological polar surface area (TPSA) is 78.4 Å². The molecular formula is C22H28F3N5O2. The van der Waals surface area contributed by atoms with Crippen LogP contribution in [-0.2, 0) is 4.74 Å². The number of morpholine rings is 1. The number of nitrogens with zero attached hydrogens (tertiary/aromatic N) is 4. The highest BCUT2D eigenvalue weighted by molar-refractivity contribution is 5.64. The molecule has 3 fully saturated rings. The van der Waals surface area contributed by atoms with Gasteiger partial charge in [-0.2, -0.15) is 5.10 Å². The molecule has 2 aromatic heterocycles. The van der Waals surface area contributed by atoms with Gasteiger partial charge in [0, 0.05) is 48.5 Å². The number of pyridine rings is 1. The van der Waals surface area contributed by atoms with Crippen molar-refractivity contribution >= 4 is 5.82 Å². The predicted molar refractivity (Wildman–Crippen MR) is 112 cm³/mol. The van der Waals surface area contributed by atoms with Crippen molar-refractivity contribution in [2.24, 2.45) is 11.8 Å². The fraction of sp³-hybridized carbons (Fsp3) is 0.636. The third kappa shape index (κ3) is 4.05. The number of anilines is 1. The molecule has 1 aliphatic heterocycles. The molecule has 0 bridgehead atoms. The Balaban J connectivity index is 1.36. The maximum absolute atomic E-state index is 12.7. The molecule has 3 aliphatic rings. The van der Waals surface area contributed by atoms with E-state index < -0.39 is 12.1 Å². The number of aromatic nitrogens is 3. The molecule has 0 spiro atoms. The van der Waals surface area contributed by atoms with Gasteiger partial charge in [-0.25, -0.2) is 4.98 Å². The van der Waals surface area contributed by atoms with Crippen LogP contribution < -0.4 is 10.5 Å². The predicted octanol–water partition coefficient (Wildman–Crippen LogP) is 3.83. The minimum Gasteiger partial charge on any atom is -0.402 e. The smallest absolute Gasteiger partial charge is 0.402 e. The van der Waals surface area contributed by atoms with Crippen molar-refractivity contribution in [3.8, 4) is 17.0 Å². The molecule has 2 saturated carbocycles. The first-order chi connectivity index (χ1) is 15.2. The number of nitrogens with two attached hydrogens (primary N) is 1. The Labute approximate surface area is 184 Å². The highest BCUT2D eigenvalue weighted by Gasteiger charge is 2.58. The van der Waals surface area contributed by atoms with Crippen molar-refractivity contribution in [2.45, 2.75) is 51.1 Å². The van der Waals surface area contributed by atoms with E-state index in [1.54, 1.807) is 0 Å². The van der Waals surface area contributed by atoms with Gasteiger partial charge in [0.1, 0.15) is 0 Å². The van der Waals surface area contributed by atoms with E-state index in [1.165, 1.54) is 25.1 Å². The molecule has 4 atom stereocenters. The largest absolute Gasteiger partial charge is 0.573 e. The van der Waals surface area contributed by atoms with E-state index in [1.807, 2.05) is 10.7 Å². The van der Waals surface area contributed by atoms with E-state index in [-0.39, 0.29) is 11.9 Å². The zero-order chi connectivity index (χ0) is 22.6. The van der Waals surface area contributed by atoms with Gasteiger partial charge in [-0.15, -0.1) is 13.2 Å². The molecule has 3 heterocycles. The molecule has 32 heavy (non-hydrogen) atoms. The van der Waals surface area contributed by atoms with E-state index in [4.69, 9.17) is 15.6 Å². The number of alkyl halides is 3. The molecule has 0 aromatic carbocycles. The standard InChI is InChI=1S/C22H28F3N5O2/c1-12(2)30-18(20-15-8-14(9-16(15)20)29-3-5-31-6-4-29)10-17(28-30)13-7-19(21(26)27-11-13)32-22(23,24)25/h7,10-12,14-16,20H,3-6,8-9H2,1-2H3,(H2,26,27)/t14-,15-,16+,20+. The van der Waals surface area contributed by atoms with E-state index in [0.29, 0.717) is 35.1 Å². The SMILES string of the molecule is CC(C)n1nc(-c2cnc(N)c(OC(F)(F)F)c2)cc1[C@H]1[C@@H]2C[C@@H](N3CCOCC3)C[C@@H]21. The van der Waals surface area contributed by atoms with Crippen LogP contribution in [0.15, 0.2) is 18.3 Å². The summed E-state index contributed by atoms with van der Waals surface area (Å²) in [6.45, 7) is 7.77. The van der Waals surface area contributed by atoms with Gasteiger partial charge in [-0.1, -0.05) is 0 Å². The van der Waals surface area contributed by atoms with Gasteiger partial charge in [0.25, 0.3) is 0 Å². The van der Waals surface area contributed by atoms with Gasteiger partial charge in [-0.05, 0) is 50.7 Å². The number of hydrogen-bond donors (Lipinski definition) is 1. The summed E-state index contributed by atoms with van der Waals surface area (Å²) in [6, 6.07) is 4.03. The Morgan fingerprint density at radius 2 is 1.84 bits per heavy atom. The maximum atomic E-state index is 12.7. The average molecular weight is 451 g/mol. The number of nitrogen functional groups attached to an aromatic ring is 1. The number of hydrogen-bond acceptors (Lipinski definition) is 6. The number of rotatable bonds is 5. The zero-order valence-corrected chi connectivity index (χ0v) is 18.2. The summed E-state index contributed by atoms with van der Waals surface area (Å²) < 4.78 is 49.6. The first-order valence-corrected chi connectivity index (χ1v) is 11.1. The number of fused-ring (bicyclic) bond motifs is 1. The highest BCUT2D eigenvalue weighted by Crippen LogP contribution is 2.64. The molecule has 0 unspecified atom stereocenters. The Hall–Kier alpha value is -2.33. The minimum absolute atomic E-state index is 0.141. The fourth-order valence-electron chi connectivity index (χ4n) is 5.51. The fourth-order valence-corrected chi connectivity index (χ4v) is 5.51. The van der Waals surface area contributed by atoms with Crippen LogP contribution in [0.25, 0.3) is 11.3 Å². The Morgan fingerprint density at radius 3 is 2.47 bits per heavy atom. The minimum atomic E-state index is -4.83. The van der Waals surface area contributed by atoms with Crippen molar-refractivity contribution in [1.82, 2.24) is 19.7 Å². The summed E-state index contributed by atoms with van der Waals surface area (Å²) in [5.74, 6) is 0.911. The molecule has 5 rings (SSSR count). The van der Waals surface area contributed by atoms with Crippen LogP contribution in [0.4, 0.5) is 19.0 Å². The van der Waals surface area contributed by atoms with Crippen LogP contribution in [-0.4, -0.2) is 58.4 Å². The Bertz CT molecular complexity index is 974. The van der Waals surface area contributed by atoms with Crippen LogP contribution in [0.3, 0.4) is 0 Å². The van der Waals surface area contributed by atoms with Crippen LogP contribution in [0.2, 0.25) is 0 Å². The lowest BCUT2D eigenvalue weighted by Gasteiger charge is -2.33. The lowest BCUT2D eigenvalue weighted by Crippen LogP contribution is -2.43. The zero-order valence-electron chi connectivity index (χ0n) is 18.2. The normalized spacial score (nSPS) is 28.2. The summed E-state index contributed by atoms with van der Waals surface area (Å²) in [5.41, 5.74) is 7.77. The lowest BCUT2D eigenvalue weighted by atomic mass is 10.0. The molecular weight excluding hydrogens is 423 g/mol. The van der Waals surface area contributed by atoms with E-state index in [0.717, 1.165) is 32.0 Å². The van der Waals surface area contributed by atoms with Crippen molar-refractivity contribution in [3.63, 3.8) is 0 Å². The maximum Gasteiger partial charge on any atom is 0.573 e. The molecule has 174 valence electrons. The molecule has 2 aliphatic carbocycles. The lowest BCUT2D eigenvalue weighted by molar-refractivity contribution is -0.274. The molecule has 1 saturated heterocycles. The van der Waals surface area contributed by atoms with E-state index in [9.17, 15) is 13.2 Å².